The molecule has 0 spiro atoms. The van der Waals surface area contributed by atoms with Crippen LogP contribution >= 0.6 is 0 Å². The molecule has 0 radical (unpaired) electrons. The number of anilines is 1. The van der Waals surface area contributed by atoms with Crippen LogP contribution in [0.5, 0.6) is 0 Å². The Morgan fingerprint density at radius 3 is 1.18 bits per heavy atom. The Balaban J connectivity index is -0.00000120. The monoisotopic (exact) mass is 447 g/mol. The maximum atomic E-state index is 10.8. The van der Waals surface area contributed by atoms with Gasteiger partial charge < -0.3 is 19.4 Å². The molecule has 0 atom stereocenters. The summed E-state index contributed by atoms with van der Waals surface area (Å²) in [4.78, 5) is -4.48. The van der Waals surface area contributed by atoms with Crippen molar-refractivity contribution < 1.29 is 193 Å². The molecule has 1 aromatic carbocycles. The molecule has 0 aliphatic carbocycles. The van der Waals surface area contributed by atoms with Crippen molar-refractivity contribution in [2.24, 2.45) is 0 Å². The second kappa shape index (κ2) is 10.9. The molecule has 0 saturated heterocycles. The van der Waals surface area contributed by atoms with Gasteiger partial charge in [-0.25, -0.2) is 25.3 Å². The molecule has 10 nitrogen and oxygen atoms in total. The molecule has 22 heavy (non-hydrogen) atoms. The summed E-state index contributed by atoms with van der Waals surface area (Å²) in [6.07, 6.45) is 0. The Labute approximate surface area is 254 Å². The standard InChI is InChI=1S/C6H7NO9S3.3K/c7-3-1-5(18(11,12)13)6(19(14,15)16)2-4(3)17(8,9)10;;;/h1-2H,7H2,(H,8,9,10)(H,11,12,13)(H,14,15,16);;;/q;3*+1/p-3. The van der Waals surface area contributed by atoms with Crippen LogP contribution in [0, 0.1) is 0 Å². The maximum Gasteiger partial charge on any atom is 1.00 e. The summed E-state index contributed by atoms with van der Waals surface area (Å²) >= 11 is 0. The number of benzene rings is 1. The minimum absolute atomic E-state index is 0. The second-order valence-corrected chi connectivity index (χ2v) is 7.24. The molecule has 0 aromatic heterocycles. The van der Waals surface area contributed by atoms with Crippen LogP contribution < -0.4 is 160 Å². The van der Waals surface area contributed by atoms with Gasteiger partial charge in [0, 0.05) is 0 Å². The van der Waals surface area contributed by atoms with Crippen molar-refractivity contribution >= 4 is 36.0 Å². The van der Waals surface area contributed by atoms with Crippen LogP contribution in [0.4, 0.5) is 5.69 Å². The molecular formula is C6H4K3NO9S3. The van der Waals surface area contributed by atoms with E-state index in [0.717, 1.165) is 0 Å². The van der Waals surface area contributed by atoms with Gasteiger partial charge in [-0.15, -0.1) is 0 Å². The van der Waals surface area contributed by atoms with E-state index >= 15 is 0 Å². The third-order valence-electron chi connectivity index (χ3n) is 1.88. The van der Waals surface area contributed by atoms with Crippen molar-refractivity contribution in [3.8, 4) is 0 Å². The van der Waals surface area contributed by atoms with E-state index in [1.54, 1.807) is 0 Å². The largest absolute Gasteiger partial charge is 1.00 e. The van der Waals surface area contributed by atoms with E-state index in [-0.39, 0.29) is 166 Å². The summed E-state index contributed by atoms with van der Waals surface area (Å²) in [6, 6.07) is 0.0860. The van der Waals surface area contributed by atoms with E-state index in [1.807, 2.05) is 0 Å². The quantitative estimate of drug-likeness (QED) is 0.263. The fourth-order valence-electron chi connectivity index (χ4n) is 1.16. The molecule has 16 heteroatoms. The minimum atomic E-state index is -5.50. The smallest absolute Gasteiger partial charge is 0.744 e. The van der Waals surface area contributed by atoms with Gasteiger partial charge in [0.05, 0.1) is 20.4 Å². The maximum absolute atomic E-state index is 10.8. The Bertz CT molecular complexity index is 847. The van der Waals surface area contributed by atoms with Gasteiger partial charge in [-0.1, -0.05) is 0 Å². The van der Waals surface area contributed by atoms with Crippen molar-refractivity contribution in [3.63, 3.8) is 0 Å². The topological polar surface area (TPSA) is 198 Å². The number of nitrogen functional groups attached to an aromatic ring is 1. The van der Waals surface area contributed by atoms with E-state index in [0.29, 0.717) is 0 Å². The molecule has 2 N–H and O–H groups in total. The van der Waals surface area contributed by atoms with Crippen molar-refractivity contribution in [1.29, 1.82) is 0 Å². The summed E-state index contributed by atoms with van der Waals surface area (Å²) in [5.74, 6) is 0. The van der Waals surface area contributed by atoms with Gasteiger partial charge >= 0.3 is 154 Å². The van der Waals surface area contributed by atoms with Gasteiger partial charge in [-0.2, -0.15) is 0 Å². The summed E-state index contributed by atoms with van der Waals surface area (Å²) in [5, 5.41) is 0. The Morgan fingerprint density at radius 1 is 0.636 bits per heavy atom. The Hall–Kier alpha value is 3.66. The predicted octanol–water partition coefficient (Wildman–Crippen LogP) is -11.0. The second-order valence-electron chi connectivity index (χ2n) is 3.20. The molecule has 0 saturated carbocycles. The first-order valence-corrected chi connectivity index (χ1v) is 8.28. The van der Waals surface area contributed by atoms with E-state index in [1.165, 1.54) is 0 Å². The van der Waals surface area contributed by atoms with Crippen LogP contribution in [0.3, 0.4) is 0 Å². The van der Waals surface area contributed by atoms with Crippen molar-refractivity contribution in [2.75, 3.05) is 5.73 Å². The molecule has 0 heterocycles. The third kappa shape index (κ3) is 8.57. The third-order valence-corrected chi connectivity index (χ3v) is 4.66. The minimum Gasteiger partial charge on any atom is -0.744 e. The van der Waals surface area contributed by atoms with Crippen molar-refractivity contribution in [1.82, 2.24) is 0 Å². The normalized spacial score (nSPS) is 11.6. The van der Waals surface area contributed by atoms with Crippen LogP contribution in [0.25, 0.3) is 0 Å². The molecule has 0 amide bonds. The van der Waals surface area contributed by atoms with Gasteiger partial charge in [0.15, 0.2) is 0 Å². The number of rotatable bonds is 3. The zero-order chi connectivity index (χ0) is 15.2. The molecule has 0 fully saturated rings. The van der Waals surface area contributed by atoms with Crippen LogP contribution in [0.2, 0.25) is 0 Å². The predicted molar refractivity (Wildman–Crippen MR) is 54.7 cm³/mol. The Morgan fingerprint density at radius 2 is 0.909 bits per heavy atom. The van der Waals surface area contributed by atoms with Gasteiger partial charge in [0.25, 0.3) is 0 Å². The van der Waals surface area contributed by atoms with Gasteiger partial charge in [-0.05, 0) is 12.1 Å². The molecule has 0 unspecified atom stereocenters. The molecular weight excluding hydrogens is 444 g/mol. The van der Waals surface area contributed by atoms with E-state index < -0.39 is 50.7 Å². The van der Waals surface area contributed by atoms with Crippen LogP contribution in [0.1, 0.15) is 0 Å². The summed E-state index contributed by atoms with van der Waals surface area (Å²) in [5.41, 5.74) is 4.08. The summed E-state index contributed by atoms with van der Waals surface area (Å²) in [6.45, 7) is 0. The summed E-state index contributed by atoms with van der Waals surface area (Å²) < 4.78 is 96.9. The molecule has 1 aromatic rings. The first kappa shape index (κ1) is 30.4. The zero-order valence-corrected chi connectivity index (χ0v) is 23.4. The number of hydrogen-bond donors (Lipinski definition) is 1. The molecule has 0 aliphatic heterocycles. The van der Waals surface area contributed by atoms with Crippen molar-refractivity contribution in [3.05, 3.63) is 12.1 Å². The van der Waals surface area contributed by atoms with E-state index in [2.05, 4.69) is 0 Å². The van der Waals surface area contributed by atoms with Crippen LogP contribution in [-0.4, -0.2) is 38.9 Å². The summed E-state index contributed by atoms with van der Waals surface area (Å²) in [7, 11) is -16.2. The number of hydrogen-bond acceptors (Lipinski definition) is 10. The average Bonchev–Trinajstić information content (AvgIpc) is 2.11. The first-order chi connectivity index (χ1) is 8.24. The van der Waals surface area contributed by atoms with Crippen LogP contribution in [0.15, 0.2) is 26.8 Å². The first-order valence-electron chi connectivity index (χ1n) is 4.06. The molecule has 1 rings (SSSR count). The number of nitrogens with two attached hydrogens (primary N) is 1. The molecule has 0 bridgehead atoms. The SMILES string of the molecule is Nc1cc(S(=O)(=O)[O-])c(S(=O)(=O)[O-])cc1S(=O)(=O)[O-].[K+].[K+].[K+]. The van der Waals surface area contributed by atoms with Gasteiger partial charge in [0.1, 0.15) is 30.4 Å². The Kier molecular flexibility index (Phi) is 15.0. The molecule has 0 aliphatic rings. The van der Waals surface area contributed by atoms with Gasteiger partial charge in [-0.3, -0.25) is 0 Å². The van der Waals surface area contributed by atoms with Crippen LogP contribution in [-0.2, 0) is 30.4 Å². The van der Waals surface area contributed by atoms with E-state index in [4.69, 9.17) is 5.73 Å². The average molecular weight is 448 g/mol. The zero-order valence-electron chi connectivity index (χ0n) is 11.6. The van der Waals surface area contributed by atoms with E-state index in [9.17, 15) is 38.9 Å². The fourth-order valence-corrected chi connectivity index (χ4v) is 3.61. The van der Waals surface area contributed by atoms with Gasteiger partial charge in [0.2, 0.25) is 0 Å². The van der Waals surface area contributed by atoms with Crippen molar-refractivity contribution in [2.45, 2.75) is 14.7 Å². The molecule has 108 valence electrons. The fraction of sp³-hybridized carbons (Fsp3) is 0.